The molecule has 0 radical (unpaired) electrons. The monoisotopic (exact) mass is 399 g/mol. The van der Waals surface area contributed by atoms with Crippen LogP contribution in [0.4, 0.5) is 0 Å². The van der Waals surface area contributed by atoms with Crippen molar-refractivity contribution in [1.82, 2.24) is 30.2 Å². The molecule has 6 rings (SSSR count). The van der Waals surface area contributed by atoms with Crippen LogP contribution in [-0.4, -0.2) is 36.7 Å². The van der Waals surface area contributed by atoms with Crippen molar-refractivity contribution in [2.45, 2.75) is 26.3 Å². The van der Waals surface area contributed by atoms with Gasteiger partial charge in [0.15, 0.2) is 0 Å². The first-order valence-corrected chi connectivity index (χ1v) is 10.3. The lowest BCUT2D eigenvalue weighted by molar-refractivity contribution is 0.650. The molecule has 152 valence electrons. The van der Waals surface area contributed by atoms with Crippen LogP contribution < -0.4 is 5.73 Å². The van der Waals surface area contributed by atoms with Crippen molar-refractivity contribution < 1.29 is 0 Å². The number of rotatable bonds is 4. The Hall–Kier alpha value is -3.45. The van der Waals surface area contributed by atoms with Gasteiger partial charge in [-0.1, -0.05) is 29.5 Å². The summed E-state index contributed by atoms with van der Waals surface area (Å²) >= 11 is 0. The fraction of sp³-hybridized carbons (Fsp3) is 0.261. The van der Waals surface area contributed by atoms with Crippen LogP contribution in [0, 0.1) is 12.8 Å². The summed E-state index contributed by atoms with van der Waals surface area (Å²) in [5.74, 6) is 0.912. The van der Waals surface area contributed by atoms with Crippen molar-refractivity contribution in [1.29, 1.82) is 0 Å². The molecule has 4 N–H and O–H groups in total. The van der Waals surface area contributed by atoms with Crippen molar-refractivity contribution in [3.63, 3.8) is 0 Å². The van der Waals surface area contributed by atoms with Crippen molar-refractivity contribution in [2.24, 2.45) is 11.7 Å². The topological polar surface area (TPSA) is 101 Å². The largest absolute Gasteiger partial charge is 0.359 e. The second-order valence-corrected chi connectivity index (χ2v) is 7.99. The van der Waals surface area contributed by atoms with Gasteiger partial charge >= 0.3 is 0 Å². The van der Waals surface area contributed by atoms with Crippen LogP contribution in [0.25, 0.3) is 33.1 Å². The minimum Gasteiger partial charge on any atom is -0.359 e. The van der Waals surface area contributed by atoms with E-state index in [0.717, 1.165) is 40.1 Å². The standard InChI is InChI=1S/C19H16N6.C4H9N/c1-12-7-14-6-5-13(8-18(14)21-12)10-25-11-19(23-24-25)15-3-2-4-17-16(15)9-20-22-17;5-3-4-1-2-4/h2-9,11,21H,10H2,1H3,(H,20,22);4H,1-3,5H2. The molecule has 2 aromatic carbocycles. The van der Waals surface area contributed by atoms with Crippen LogP contribution in [0.2, 0.25) is 0 Å². The van der Waals surface area contributed by atoms with Gasteiger partial charge in [-0.05, 0) is 61.4 Å². The predicted octanol–water partition coefficient (Wildman–Crippen LogP) is 4.01. The summed E-state index contributed by atoms with van der Waals surface area (Å²) in [6, 6.07) is 14.6. The molecule has 0 saturated heterocycles. The number of fused-ring (bicyclic) bond motifs is 2. The van der Waals surface area contributed by atoms with Gasteiger partial charge in [-0.3, -0.25) is 5.10 Å². The third-order valence-corrected chi connectivity index (χ3v) is 5.50. The number of hydrogen-bond donors (Lipinski definition) is 3. The molecule has 1 saturated carbocycles. The molecule has 0 aliphatic heterocycles. The van der Waals surface area contributed by atoms with Crippen molar-refractivity contribution in [3.05, 3.63) is 66.1 Å². The Kier molecular flexibility index (Phi) is 4.80. The average Bonchev–Trinajstić information content (AvgIpc) is 3.11. The van der Waals surface area contributed by atoms with Gasteiger partial charge in [0.2, 0.25) is 0 Å². The van der Waals surface area contributed by atoms with Crippen LogP contribution in [-0.2, 0) is 6.54 Å². The van der Waals surface area contributed by atoms with E-state index in [9.17, 15) is 0 Å². The highest BCUT2D eigenvalue weighted by atomic mass is 15.4. The molecule has 1 aliphatic carbocycles. The summed E-state index contributed by atoms with van der Waals surface area (Å²) in [6.07, 6.45) is 6.57. The molecule has 7 heteroatoms. The van der Waals surface area contributed by atoms with Crippen molar-refractivity contribution in [3.8, 4) is 11.3 Å². The van der Waals surface area contributed by atoms with Gasteiger partial charge in [0.1, 0.15) is 5.69 Å². The Balaban J connectivity index is 0.000000340. The number of aryl methyl sites for hydroxylation is 1. The first-order valence-electron chi connectivity index (χ1n) is 10.3. The maximum Gasteiger partial charge on any atom is 0.113 e. The van der Waals surface area contributed by atoms with Crippen molar-refractivity contribution in [2.75, 3.05) is 6.54 Å². The summed E-state index contributed by atoms with van der Waals surface area (Å²) in [6.45, 7) is 3.67. The molecule has 0 bridgehead atoms. The summed E-state index contributed by atoms with van der Waals surface area (Å²) in [5, 5.41) is 18.0. The van der Waals surface area contributed by atoms with E-state index in [-0.39, 0.29) is 0 Å². The highest BCUT2D eigenvalue weighted by molar-refractivity contribution is 5.93. The van der Waals surface area contributed by atoms with Crippen LogP contribution >= 0.6 is 0 Å². The molecule has 0 spiro atoms. The fourth-order valence-corrected chi connectivity index (χ4v) is 3.65. The number of nitrogens with one attached hydrogen (secondary N) is 2. The zero-order chi connectivity index (χ0) is 20.5. The minimum atomic E-state index is 0.683. The lowest BCUT2D eigenvalue weighted by Gasteiger charge is -2.01. The number of nitrogens with two attached hydrogens (primary N) is 1. The molecular formula is C23H25N7. The van der Waals surface area contributed by atoms with Crippen LogP contribution in [0.1, 0.15) is 24.1 Å². The van der Waals surface area contributed by atoms with E-state index in [0.29, 0.717) is 6.54 Å². The van der Waals surface area contributed by atoms with Crippen LogP contribution in [0.5, 0.6) is 0 Å². The van der Waals surface area contributed by atoms with Crippen LogP contribution in [0.3, 0.4) is 0 Å². The maximum atomic E-state index is 5.23. The molecule has 1 fully saturated rings. The van der Waals surface area contributed by atoms with Gasteiger partial charge in [-0.2, -0.15) is 5.10 Å². The van der Waals surface area contributed by atoms with E-state index in [1.807, 2.05) is 35.3 Å². The van der Waals surface area contributed by atoms with E-state index < -0.39 is 0 Å². The van der Waals surface area contributed by atoms with Gasteiger partial charge in [0, 0.05) is 22.2 Å². The third kappa shape index (κ3) is 3.84. The van der Waals surface area contributed by atoms with Crippen molar-refractivity contribution >= 4 is 21.8 Å². The third-order valence-electron chi connectivity index (χ3n) is 5.50. The summed E-state index contributed by atoms with van der Waals surface area (Å²) < 4.78 is 1.87. The zero-order valence-electron chi connectivity index (χ0n) is 17.0. The summed E-state index contributed by atoms with van der Waals surface area (Å²) in [4.78, 5) is 3.38. The molecule has 7 nitrogen and oxygen atoms in total. The Morgan fingerprint density at radius 2 is 2.03 bits per heavy atom. The summed E-state index contributed by atoms with van der Waals surface area (Å²) in [7, 11) is 0. The van der Waals surface area contributed by atoms with E-state index in [2.05, 4.69) is 56.7 Å². The molecule has 0 atom stereocenters. The number of benzene rings is 2. The second kappa shape index (κ2) is 7.76. The Morgan fingerprint density at radius 3 is 2.83 bits per heavy atom. The van der Waals surface area contributed by atoms with Gasteiger partial charge in [0.05, 0.1) is 24.5 Å². The molecular weight excluding hydrogens is 374 g/mol. The Labute approximate surface area is 174 Å². The highest BCUT2D eigenvalue weighted by Gasteiger charge is 2.17. The first kappa shape index (κ1) is 18.6. The molecule has 30 heavy (non-hydrogen) atoms. The quantitative estimate of drug-likeness (QED) is 0.425. The second-order valence-electron chi connectivity index (χ2n) is 7.99. The lowest BCUT2D eigenvalue weighted by atomic mass is 10.1. The zero-order valence-corrected chi connectivity index (χ0v) is 17.0. The van der Waals surface area contributed by atoms with Gasteiger partial charge in [0.25, 0.3) is 0 Å². The number of H-pyrrole nitrogens is 2. The average molecular weight is 400 g/mol. The predicted molar refractivity (Wildman–Crippen MR) is 119 cm³/mol. The van der Waals surface area contributed by atoms with Gasteiger partial charge in [-0.25, -0.2) is 4.68 Å². The molecule has 5 aromatic rings. The van der Waals surface area contributed by atoms with E-state index in [1.165, 1.54) is 29.5 Å². The van der Waals surface area contributed by atoms with E-state index in [1.54, 1.807) is 0 Å². The smallest absolute Gasteiger partial charge is 0.113 e. The Bertz CT molecular complexity index is 1290. The van der Waals surface area contributed by atoms with Gasteiger partial charge < -0.3 is 10.7 Å². The summed E-state index contributed by atoms with van der Waals surface area (Å²) in [5.41, 5.74) is 11.6. The number of aromatic amines is 2. The normalized spacial score (nSPS) is 13.5. The van der Waals surface area contributed by atoms with E-state index >= 15 is 0 Å². The van der Waals surface area contributed by atoms with Crippen LogP contribution in [0.15, 0.2) is 54.9 Å². The van der Waals surface area contributed by atoms with Gasteiger partial charge in [-0.15, -0.1) is 5.10 Å². The lowest BCUT2D eigenvalue weighted by Crippen LogP contribution is -2.00. The molecule has 0 unspecified atom stereocenters. The maximum absolute atomic E-state index is 5.23. The highest BCUT2D eigenvalue weighted by Crippen LogP contribution is 2.27. The number of hydrogen-bond acceptors (Lipinski definition) is 4. The molecule has 3 aromatic heterocycles. The molecule has 1 aliphatic rings. The molecule has 0 amide bonds. The number of nitrogens with zero attached hydrogens (tertiary/aromatic N) is 4. The fourth-order valence-electron chi connectivity index (χ4n) is 3.65. The first-order chi connectivity index (χ1) is 14.7. The minimum absolute atomic E-state index is 0.683. The molecule has 3 heterocycles. The SMILES string of the molecule is Cc1cc2ccc(Cn3cc(-c4cccc5[nH]ncc45)nn3)cc2[nH]1.NCC1CC1. The Morgan fingerprint density at radius 1 is 1.13 bits per heavy atom. The number of aromatic nitrogens is 6. The van der Waals surface area contributed by atoms with E-state index in [4.69, 9.17) is 5.73 Å².